The first-order valence-electron chi connectivity index (χ1n) is 6.18. The topological polar surface area (TPSA) is 59.5 Å². The van der Waals surface area contributed by atoms with E-state index in [9.17, 15) is 5.11 Å². The van der Waals surface area contributed by atoms with Crippen LogP contribution in [-0.2, 0) is 19.0 Å². The molecule has 0 heterocycles. The Kier molecular flexibility index (Phi) is 8.51. The lowest BCUT2D eigenvalue weighted by atomic mass is 10.1. The van der Waals surface area contributed by atoms with Gasteiger partial charge >= 0.3 is 0 Å². The molecule has 1 rings (SSSR count). The minimum absolute atomic E-state index is 0.268. The van der Waals surface area contributed by atoms with E-state index >= 15 is 0 Å². The summed E-state index contributed by atoms with van der Waals surface area (Å²) in [5, 5.41) is 17.8. The second kappa shape index (κ2) is 9.88. The fraction of sp³-hybridized carbons (Fsp3) is 0.308. The molecule has 4 nitrogen and oxygen atoms in total. The SMILES string of the molecule is [O-]C(=NCCNC(=S)[S-])[C@H](Cc1ccccc1)NC(=S)S. The molecule has 0 saturated heterocycles. The van der Waals surface area contributed by atoms with Gasteiger partial charge in [-0.1, -0.05) is 46.9 Å². The van der Waals surface area contributed by atoms with Crippen LogP contribution in [0.3, 0.4) is 0 Å². The second-order valence-corrected chi connectivity index (χ2v) is 6.36. The lowest BCUT2D eigenvalue weighted by molar-refractivity contribution is -0.221. The minimum Gasteiger partial charge on any atom is -0.861 e. The van der Waals surface area contributed by atoms with Crippen molar-refractivity contribution in [3.05, 3.63) is 35.9 Å². The van der Waals surface area contributed by atoms with Crippen LogP contribution in [0.15, 0.2) is 35.3 Å². The quantitative estimate of drug-likeness (QED) is 0.166. The molecule has 0 fully saturated rings. The molecule has 21 heavy (non-hydrogen) atoms. The number of thiocarbonyl (C=S) groups is 2. The molecule has 1 aromatic carbocycles. The predicted molar refractivity (Wildman–Crippen MR) is 98.9 cm³/mol. The summed E-state index contributed by atoms with van der Waals surface area (Å²) >= 11 is 18.3. The molecule has 0 saturated carbocycles. The van der Waals surface area contributed by atoms with Crippen LogP contribution < -0.4 is 15.7 Å². The van der Waals surface area contributed by atoms with E-state index in [4.69, 9.17) is 37.1 Å². The molecule has 0 aromatic heterocycles. The van der Waals surface area contributed by atoms with E-state index < -0.39 is 6.04 Å². The van der Waals surface area contributed by atoms with Crippen LogP contribution in [0.4, 0.5) is 0 Å². The van der Waals surface area contributed by atoms with Crippen LogP contribution in [0.25, 0.3) is 0 Å². The zero-order valence-corrected chi connectivity index (χ0v) is 14.5. The van der Waals surface area contributed by atoms with Crippen LogP contribution in [0, 0.1) is 0 Å². The standard InChI is InChI=1S/C13H17N3OS4/c17-11(14-6-7-15-12(18)19)10(16-13(20)21)8-9-4-2-1-3-5-9/h1-5,10H,6-8H2,(H,14,17)(H2,15,18,19)(H2,16,20,21)/p-2/t10-/m0/s1. The van der Waals surface area contributed by atoms with E-state index in [2.05, 4.69) is 28.3 Å². The third kappa shape index (κ3) is 8.15. The maximum Gasteiger partial charge on any atom is 0.131 e. The van der Waals surface area contributed by atoms with Gasteiger partial charge in [0.15, 0.2) is 0 Å². The van der Waals surface area contributed by atoms with E-state index in [1.165, 1.54) is 0 Å². The smallest absolute Gasteiger partial charge is 0.131 e. The van der Waals surface area contributed by atoms with Gasteiger partial charge in [0.2, 0.25) is 0 Å². The van der Waals surface area contributed by atoms with Crippen molar-refractivity contribution in [2.24, 2.45) is 4.99 Å². The molecule has 0 radical (unpaired) electrons. The summed E-state index contributed by atoms with van der Waals surface area (Å²) < 4.78 is 0.539. The number of aliphatic imine (C=N–C) groups is 1. The van der Waals surface area contributed by atoms with Crippen molar-refractivity contribution in [1.29, 1.82) is 0 Å². The molecule has 1 aromatic rings. The van der Waals surface area contributed by atoms with Gasteiger partial charge in [0.1, 0.15) is 4.32 Å². The molecule has 114 valence electrons. The Balaban J connectivity index is 2.65. The Bertz CT molecular complexity index is 507. The molecular formula is C13H15N3OS4-2. The first-order valence-corrected chi connectivity index (χ1v) is 7.86. The Labute approximate surface area is 146 Å². The summed E-state index contributed by atoms with van der Waals surface area (Å²) in [4.78, 5) is 3.98. The first-order chi connectivity index (χ1) is 9.99. The maximum absolute atomic E-state index is 12.1. The summed E-state index contributed by atoms with van der Waals surface area (Å²) in [5.74, 6) is -0.271. The van der Waals surface area contributed by atoms with Gasteiger partial charge in [0.05, 0.1) is 12.6 Å². The van der Waals surface area contributed by atoms with E-state index in [0.717, 1.165) is 5.56 Å². The van der Waals surface area contributed by atoms with Gasteiger partial charge in [-0.2, -0.15) is 0 Å². The van der Waals surface area contributed by atoms with E-state index in [1.54, 1.807) is 0 Å². The summed E-state index contributed by atoms with van der Waals surface area (Å²) in [6.07, 6.45) is 0.497. The molecule has 0 amide bonds. The summed E-state index contributed by atoms with van der Waals surface area (Å²) in [7, 11) is 0. The normalized spacial score (nSPS) is 12.5. The molecule has 0 spiro atoms. The highest BCUT2D eigenvalue weighted by Crippen LogP contribution is 2.04. The predicted octanol–water partition coefficient (Wildman–Crippen LogP) is 0.582. The molecule has 0 aliphatic carbocycles. The molecule has 0 aliphatic rings. The third-order valence-electron chi connectivity index (χ3n) is 2.53. The van der Waals surface area contributed by atoms with Gasteiger partial charge in [-0.15, -0.1) is 12.6 Å². The zero-order chi connectivity index (χ0) is 15.7. The number of nitrogens with one attached hydrogen (secondary N) is 2. The van der Waals surface area contributed by atoms with Gasteiger partial charge < -0.3 is 45.6 Å². The highest BCUT2D eigenvalue weighted by molar-refractivity contribution is 8.11. The van der Waals surface area contributed by atoms with Gasteiger partial charge in [-0.05, 0) is 17.9 Å². The van der Waals surface area contributed by atoms with Crippen LogP contribution in [0.2, 0.25) is 0 Å². The highest BCUT2D eigenvalue weighted by Gasteiger charge is 2.09. The fourth-order valence-corrected chi connectivity index (χ4v) is 2.14. The number of benzene rings is 1. The Morgan fingerprint density at radius 1 is 1.33 bits per heavy atom. The van der Waals surface area contributed by atoms with Crippen LogP contribution in [0.1, 0.15) is 5.56 Å². The molecule has 0 unspecified atom stereocenters. The van der Waals surface area contributed by atoms with Gasteiger partial charge in [0.25, 0.3) is 0 Å². The monoisotopic (exact) mass is 357 g/mol. The number of nitrogens with zero attached hydrogens (tertiary/aromatic N) is 1. The largest absolute Gasteiger partial charge is 0.861 e. The van der Waals surface area contributed by atoms with Crippen molar-refractivity contribution >= 4 is 64.2 Å². The average molecular weight is 358 g/mol. The van der Waals surface area contributed by atoms with Crippen molar-refractivity contribution in [2.45, 2.75) is 12.5 Å². The molecule has 0 bridgehead atoms. The fourth-order valence-electron chi connectivity index (χ4n) is 1.63. The van der Waals surface area contributed by atoms with E-state index in [0.29, 0.717) is 19.5 Å². The van der Waals surface area contributed by atoms with Crippen molar-refractivity contribution in [1.82, 2.24) is 10.6 Å². The third-order valence-corrected chi connectivity index (χ3v) is 3.06. The lowest BCUT2D eigenvalue weighted by Crippen LogP contribution is -2.46. The zero-order valence-electron chi connectivity index (χ0n) is 11.1. The van der Waals surface area contributed by atoms with Crippen molar-refractivity contribution in [3.63, 3.8) is 0 Å². The highest BCUT2D eigenvalue weighted by atomic mass is 32.1. The van der Waals surface area contributed by atoms with Crippen LogP contribution in [0.5, 0.6) is 0 Å². The van der Waals surface area contributed by atoms with Crippen LogP contribution >= 0.6 is 37.1 Å². The summed E-state index contributed by atoms with van der Waals surface area (Å²) in [6, 6.07) is 9.13. The Morgan fingerprint density at radius 2 is 2.00 bits per heavy atom. The number of rotatable bonds is 7. The van der Waals surface area contributed by atoms with E-state index in [-0.39, 0.29) is 14.5 Å². The van der Waals surface area contributed by atoms with Crippen molar-refractivity contribution in [3.8, 4) is 0 Å². The number of hydrogen-bond donors (Lipinski definition) is 3. The van der Waals surface area contributed by atoms with Gasteiger partial charge in [-0.3, -0.25) is 0 Å². The summed E-state index contributed by atoms with van der Waals surface area (Å²) in [6.45, 7) is 0.749. The molecule has 0 aliphatic heterocycles. The molecular weight excluding hydrogens is 342 g/mol. The number of thiol groups is 1. The van der Waals surface area contributed by atoms with Crippen LogP contribution in [-0.4, -0.2) is 33.7 Å². The molecule has 8 heteroatoms. The molecule has 1 atom stereocenters. The van der Waals surface area contributed by atoms with Crippen molar-refractivity contribution in [2.75, 3.05) is 13.1 Å². The minimum atomic E-state index is -0.521. The van der Waals surface area contributed by atoms with Crippen molar-refractivity contribution < 1.29 is 5.11 Å². The summed E-state index contributed by atoms with van der Waals surface area (Å²) in [5.41, 5.74) is 1.02. The van der Waals surface area contributed by atoms with Gasteiger partial charge in [0, 0.05) is 6.54 Å². The second-order valence-electron chi connectivity index (χ2n) is 4.13. The first kappa shape index (κ1) is 18.1. The maximum atomic E-state index is 12.1. The van der Waals surface area contributed by atoms with E-state index in [1.807, 2.05) is 30.3 Å². The molecule has 2 N–H and O–H groups in total. The lowest BCUT2D eigenvalue weighted by Gasteiger charge is -2.25. The number of hydrogen-bond acceptors (Lipinski definition) is 5. The van der Waals surface area contributed by atoms with Gasteiger partial charge in [-0.25, -0.2) is 0 Å². The Hall–Kier alpha value is -0.960. The Morgan fingerprint density at radius 3 is 2.57 bits per heavy atom. The average Bonchev–Trinajstić information content (AvgIpc) is 2.43.